The largest absolute Gasteiger partial charge is 0.461 e. The van der Waals surface area contributed by atoms with Crippen LogP contribution in [0.2, 0.25) is 5.02 Å². The van der Waals surface area contributed by atoms with Crippen molar-refractivity contribution in [3.8, 4) is 21.8 Å². The van der Waals surface area contributed by atoms with Crippen molar-refractivity contribution in [1.82, 2.24) is 4.98 Å². The normalized spacial score (nSPS) is 11.9. The van der Waals surface area contributed by atoms with Crippen LogP contribution in [0.15, 0.2) is 53.2 Å². The number of benzene rings is 2. The first-order valence-corrected chi connectivity index (χ1v) is 10.6. The Balaban J connectivity index is 1.61. The van der Waals surface area contributed by atoms with Crippen molar-refractivity contribution in [2.75, 3.05) is 4.72 Å². The Bertz CT molecular complexity index is 1100. The van der Waals surface area contributed by atoms with Crippen molar-refractivity contribution in [2.45, 2.75) is 5.51 Å². The summed E-state index contributed by atoms with van der Waals surface area (Å²) in [5, 5.41) is 6.36. The number of aromatic nitrogens is 1. The van der Waals surface area contributed by atoms with E-state index in [4.69, 9.17) is 11.6 Å². The molecule has 0 fully saturated rings. The molecule has 0 unspecified atom stereocenters. The predicted octanol–water partition coefficient (Wildman–Crippen LogP) is 7.93. The molecule has 2 aromatic heterocycles. The lowest BCUT2D eigenvalue weighted by molar-refractivity contribution is -0.0323. The number of anilines is 1. The molecule has 2 heterocycles. The molecular weight excluding hydrogens is 433 g/mol. The maximum atomic E-state index is 12.3. The Morgan fingerprint density at radius 3 is 2.59 bits per heavy atom. The first kappa shape index (κ1) is 18.6. The number of nitrogens with zero attached hydrogens (tertiary/aromatic N) is 1. The summed E-state index contributed by atoms with van der Waals surface area (Å²) in [7, 11) is 0. The quantitative estimate of drug-likeness (QED) is 0.325. The Morgan fingerprint density at radius 1 is 1.00 bits per heavy atom. The fourth-order valence-corrected chi connectivity index (χ4v) is 5.08. The minimum absolute atomic E-state index is 0.283. The fraction of sp³-hybridized carbons (Fsp3) is 0.0556. The molecular formula is C18H10ClF3N2S3. The Kier molecular flexibility index (Phi) is 5.07. The topological polar surface area (TPSA) is 24.9 Å². The standard InChI is InChI=1S/C18H10ClF3N2S3/c19-14-7-10(24-27-18(20,21)22)5-6-12(14)15-9-26-17(23-15)13-8-25-16-4-2-1-3-11(13)16/h1-9,24H. The SMILES string of the molecule is FC(F)(F)SNc1ccc(-c2csc(-c3csc4ccccc34)n2)c(Cl)c1. The van der Waals surface area contributed by atoms with E-state index in [1.807, 2.05) is 17.5 Å². The average Bonchev–Trinajstić information content (AvgIpc) is 3.26. The zero-order valence-corrected chi connectivity index (χ0v) is 16.6. The summed E-state index contributed by atoms with van der Waals surface area (Å²) in [5.41, 5.74) is -1.63. The van der Waals surface area contributed by atoms with E-state index in [1.165, 1.54) is 22.1 Å². The van der Waals surface area contributed by atoms with Crippen LogP contribution >= 0.6 is 46.2 Å². The van der Waals surface area contributed by atoms with Crippen LogP contribution in [0.3, 0.4) is 0 Å². The molecule has 0 bridgehead atoms. The first-order chi connectivity index (χ1) is 12.9. The number of fused-ring (bicyclic) bond motifs is 1. The lowest BCUT2D eigenvalue weighted by atomic mass is 10.1. The van der Waals surface area contributed by atoms with Gasteiger partial charge < -0.3 is 4.72 Å². The van der Waals surface area contributed by atoms with E-state index in [-0.39, 0.29) is 17.6 Å². The van der Waals surface area contributed by atoms with Gasteiger partial charge in [-0.25, -0.2) is 4.98 Å². The zero-order chi connectivity index (χ0) is 19.0. The maximum Gasteiger partial charge on any atom is 0.461 e. The first-order valence-electron chi connectivity index (χ1n) is 7.63. The number of thiophene rings is 1. The van der Waals surface area contributed by atoms with Crippen molar-refractivity contribution < 1.29 is 13.2 Å². The highest BCUT2D eigenvalue weighted by atomic mass is 35.5. The number of nitrogens with one attached hydrogen (secondary N) is 1. The lowest BCUT2D eigenvalue weighted by Gasteiger charge is -2.09. The smallest absolute Gasteiger partial charge is 0.323 e. The van der Waals surface area contributed by atoms with E-state index < -0.39 is 5.51 Å². The van der Waals surface area contributed by atoms with Crippen LogP contribution < -0.4 is 4.72 Å². The second-order valence-electron chi connectivity index (χ2n) is 5.53. The Hall–Kier alpha value is -1.74. The van der Waals surface area contributed by atoms with Crippen LogP contribution in [0.4, 0.5) is 18.9 Å². The van der Waals surface area contributed by atoms with Gasteiger partial charge in [-0.05, 0) is 24.3 Å². The van der Waals surface area contributed by atoms with Crippen molar-refractivity contribution in [1.29, 1.82) is 0 Å². The third-order valence-corrected chi connectivity index (χ3v) is 6.47. The summed E-state index contributed by atoms with van der Waals surface area (Å²) >= 11 is 9.14. The molecule has 0 aliphatic carbocycles. The number of rotatable bonds is 4. The number of alkyl halides is 3. The van der Waals surface area contributed by atoms with Crippen LogP contribution in [0.1, 0.15) is 0 Å². The van der Waals surface area contributed by atoms with Gasteiger partial charge in [0.15, 0.2) is 0 Å². The monoisotopic (exact) mass is 442 g/mol. The number of hydrogen-bond donors (Lipinski definition) is 1. The molecule has 2 nitrogen and oxygen atoms in total. The molecule has 0 saturated carbocycles. The van der Waals surface area contributed by atoms with Gasteiger partial charge in [0, 0.05) is 37.7 Å². The minimum Gasteiger partial charge on any atom is -0.323 e. The molecule has 9 heteroatoms. The van der Waals surface area contributed by atoms with Gasteiger partial charge in [0.1, 0.15) is 5.01 Å². The third-order valence-electron chi connectivity index (χ3n) is 3.75. The molecule has 0 amide bonds. The highest BCUT2D eigenvalue weighted by Gasteiger charge is 2.29. The van der Waals surface area contributed by atoms with Crippen molar-refractivity contribution >= 4 is 62.0 Å². The molecule has 27 heavy (non-hydrogen) atoms. The lowest BCUT2D eigenvalue weighted by Crippen LogP contribution is -2.04. The van der Waals surface area contributed by atoms with E-state index in [1.54, 1.807) is 23.5 Å². The van der Waals surface area contributed by atoms with Crippen LogP contribution in [0.5, 0.6) is 0 Å². The zero-order valence-electron chi connectivity index (χ0n) is 13.4. The van der Waals surface area contributed by atoms with E-state index in [0.29, 0.717) is 16.3 Å². The third kappa shape index (κ3) is 4.08. The van der Waals surface area contributed by atoms with Gasteiger partial charge in [0.2, 0.25) is 0 Å². The molecule has 0 aliphatic heterocycles. The van der Waals surface area contributed by atoms with Crippen LogP contribution in [0, 0.1) is 0 Å². The molecule has 0 spiro atoms. The molecule has 0 atom stereocenters. The summed E-state index contributed by atoms with van der Waals surface area (Å²) in [6, 6.07) is 12.8. The number of thiazole rings is 1. The van der Waals surface area contributed by atoms with Gasteiger partial charge in [-0.1, -0.05) is 29.8 Å². The van der Waals surface area contributed by atoms with Crippen molar-refractivity contribution in [2.24, 2.45) is 0 Å². The molecule has 4 aromatic rings. The van der Waals surface area contributed by atoms with Crippen LogP contribution in [0.25, 0.3) is 31.9 Å². The summed E-state index contributed by atoms with van der Waals surface area (Å²) in [6.45, 7) is 0. The maximum absolute atomic E-state index is 12.3. The van der Waals surface area contributed by atoms with E-state index >= 15 is 0 Å². The summed E-state index contributed by atoms with van der Waals surface area (Å²) in [5.74, 6) is 0. The van der Waals surface area contributed by atoms with E-state index in [9.17, 15) is 13.2 Å². The molecule has 0 saturated heterocycles. The van der Waals surface area contributed by atoms with Gasteiger partial charge in [-0.3, -0.25) is 0 Å². The van der Waals surface area contributed by atoms with Gasteiger partial charge in [-0.15, -0.1) is 22.7 Å². The minimum atomic E-state index is -4.36. The summed E-state index contributed by atoms with van der Waals surface area (Å²) in [4.78, 5) is 4.68. The summed E-state index contributed by atoms with van der Waals surface area (Å²) < 4.78 is 40.3. The second-order valence-corrected chi connectivity index (χ2v) is 8.58. The Labute approximate surface area is 170 Å². The van der Waals surface area contributed by atoms with Crippen molar-refractivity contribution in [3.63, 3.8) is 0 Å². The van der Waals surface area contributed by atoms with Gasteiger partial charge in [-0.2, -0.15) is 13.2 Å². The summed E-state index contributed by atoms with van der Waals surface area (Å²) in [6.07, 6.45) is 0. The molecule has 138 valence electrons. The van der Waals surface area contributed by atoms with Gasteiger partial charge >= 0.3 is 5.51 Å². The van der Waals surface area contributed by atoms with E-state index in [2.05, 4.69) is 27.2 Å². The van der Waals surface area contributed by atoms with Crippen LogP contribution in [-0.4, -0.2) is 10.5 Å². The highest BCUT2D eigenvalue weighted by Crippen LogP contribution is 2.39. The molecule has 1 N–H and O–H groups in total. The molecule has 0 radical (unpaired) electrons. The van der Waals surface area contributed by atoms with Crippen LogP contribution in [-0.2, 0) is 0 Å². The molecule has 2 aromatic carbocycles. The average molecular weight is 443 g/mol. The number of hydrogen-bond acceptors (Lipinski definition) is 5. The predicted molar refractivity (Wildman–Crippen MR) is 111 cm³/mol. The van der Waals surface area contributed by atoms with E-state index in [0.717, 1.165) is 16.0 Å². The fourth-order valence-electron chi connectivity index (χ4n) is 2.57. The number of halogens is 4. The van der Waals surface area contributed by atoms with Crippen molar-refractivity contribution in [3.05, 3.63) is 58.2 Å². The molecule has 4 rings (SSSR count). The highest BCUT2D eigenvalue weighted by molar-refractivity contribution is 8.01. The molecule has 0 aliphatic rings. The second kappa shape index (κ2) is 7.35. The van der Waals surface area contributed by atoms with Gasteiger partial charge in [0.05, 0.1) is 22.7 Å². The van der Waals surface area contributed by atoms with Gasteiger partial charge in [0.25, 0.3) is 0 Å². The Morgan fingerprint density at radius 2 is 1.81 bits per heavy atom.